The molecule has 120 valence electrons. The fraction of sp³-hybridized carbons (Fsp3) is 0.611. The lowest BCUT2D eigenvalue weighted by Gasteiger charge is -2.27. The molecule has 1 aromatic rings. The van der Waals surface area contributed by atoms with E-state index in [1.165, 1.54) is 36.8 Å². The Balaban J connectivity index is 0.00000144. The lowest BCUT2D eigenvalue weighted by atomic mass is 9.88. The number of hydrogen-bond acceptors (Lipinski definition) is 2. The van der Waals surface area contributed by atoms with Crippen LogP contribution in [0, 0.1) is 17.8 Å². The second kappa shape index (κ2) is 6.59. The molecule has 1 aliphatic heterocycles. The van der Waals surface area contributed by atoms with Crippen molar-refractivity contribution in [2.24, 2.45) is 17.8 Å². The number of fused-ring (bicyclic) bond motifs is 3. The van der Waals surface area contributed by atoms with E-state index in [1.807, 2.05) is 0 Å². The van der Waals surface area contributed by atoms with Crippen molar-refractivity contribution in [2.75, 3.05) is 6.54 Å². The Labute approximate surface area is 138 Å². The predicted molar refractivity (Wildman–Crippen MR) is 90.0 cm³/mol. The number of benzene rings is 1. The molecule has 3 aliphatic rings. The monoisotopic (exact) mass is 320 g/mol. The molecule has 1 aromatic carbocycles. The minimum atomic E-state index is -0.0570. The smallest absolute Gasteiger partial charge is 0.237 e. The number of carbonyl (C=O) groups excluding carboxylic acids is 1. The third kappa shape index (κ3) is 3.02. The first kappa shape index (κ1) is 15.8. The zero-order valence-electron chi connectivity index (χ0n) is 12.9. The quantitative estimate of drug-likeness (QED) is 0.899. The highest BCUT2D eigenvalue weighted by atomic mass is 35.5. The number of hydrogen-bond donors (Lipinski definition) is 2. The van der Waals surface area contributed by atoms with Crippen molar-refractivity contribution in [2.45, 2.75) is 44.7 Å². The summed E-state index contributed by atoms with van der Waals surface area (Å²) >= 11 is 0. The molecule has 4 unspecified atom stereocenters. The molecule has 4 heteroatoms. The molecular formula is C18H25ClN2O. The Morgan fingerprint density at radius 2 is 2.00 bits per heavy atom. The molecule has 4 rings (SSSR count). The maximum atomic E-state index is 12.4. The molecule has 3 nitrogen and oxygen atoms in total. The van der Waals surface area contributed by atoms with E-state index in [0.29, 0.717) is 0 Å². The average Bonchev–Trinajstić information content (AvgIpc) is 3.15. The Hall–Kier alpha value is -1.06. The number of amides is 1. The van der Waals surface area contributed by atoms with Crippen LogP contribution in [0.2, 0.25) is 0 Å². The molecule has 4 atom stereocenters. The molecular weight excluding hydrogens is 296 g/mol. The van der Waals surface area contributed by atoms with Crippen molar-refractivity contribution in [1.29, 1.82) is 0 Å². The van der Waals surface area contributed by atoms with E-state index in [9.17, 15) is 4.79 Å². The molecule has 1 amide bonds. The van der Waals surface area contributed by atoms with Gasteiger partial charge in [0.15, 0.2) is 0 Å². The van der Waals surface area contributed by atoms with E-state index < -0.39 is 0 Å². The predicted octanol–water partition coefficient (Wildman–Crippen LogP) is 2.68. The summed E-state index contributed by atoms with van der Waals surface area (Å²) in [7, 11) is 0. The fourth-order valence-corrected chi connectivity index (χ4v) is 4.62. The lowest BCUT2D eigenvalue weighted by molar-refractivity contribution is -0.123. The van der Waals surface area contributed by atoms with Gasteiger partial charge in [0.05, 0.1) is 6.04 Å². The summed E-state index contributed by atoms with van der Waals surface area (Å²) in [5.41, 5.74) is 2.64. The zero-order chi connectivity index (χ0) is 14.2. The van der Waals surface area contributed by atoms with Gasteiger partial charge in [-0.25, -0.2) is 0 Å². The van der Waals surface area contributed by atoms with Crippen molar-refractivity contribution in [3.8, 4) is 0 Å². The lowest BCUT2D eigenvalue weighted by Crippen LogP contribution is -2.48. The summed E-state index contributed by atoms with van der Waals surface area (Å²) in [6.07, 6.45) is 6.39. The van der Waals surface area contributed by atoms with Crippen molar-refractivity contribution < 1.29 is 4.79 Å². The molecule has 0 radical (unpaired) electrons. The normalized spacial score (nSPS) is 32.2. The summed E-state index contributed by atoms with van der Waals surface area (Å²) in [5.74, 6) is 2.77. The largest absolute Gasteiger partial charge is 0.354 e. The second-order valence-corrected chi connectivity index (χ2v) is 7.09. The number of nitrogens with one attached hydrogen (secondary N) is 2. The molecule has 2 aliphatic carbocycles. The van der Waals surface area contributed by atoms with Gasteiger partial charge in [-0.15, -0.1) is 12.4 Å². The van der Waals surface area contributed by atoms with Crippen LogP contribution in [0.5, 0.6) is 0 Å². The van der Waals surface area contributed by atoms with Crippen LogP contribution in [0.4, 0.5) is 0 Å². The number of carbonyl (C=O) groups is 1. The van der Waals surface area contributed by atoms with E-state index in [4.69, 9.17) is 0 Å². The fourth-order valence-electron chi connectivity index (χ4n) is 4.62. The molecule has 2 bridgehead atoms. The van der Waals surface area contributed by atoms with Gasteiger partial charge in [-0.05, 0) is 54.6 Å². The van der Waals surface area contributed by atoms with E-state index in [0.717, 1.165) is 37.3 Å². The van der Waals surface area contributed by atoms with Gasteiger partial charge in [-0.3, -0.25) is 4.79 Å². The van der Waals surface area contributed by atoms with E-state index >= 15 is 0 Å². The molecule has 22 heavy (non-hydrogen) atoms. The van der Waals surface area contributed by atoms with Crippen LogP contribution in [-0.4, -0.2) is 18.5 Å². The summed E-state index contributed by atoms with van der Waals surface area (Å²) < 4.78 is 0. The Morgan fingerprint density at radius 1 is 1.18 bits per heavy atom. The highest BCUT2D eigenvalue weighted by molar-refractivity contribution is 5.85. The van der Waals surface area contributed by atoms with Gasteiger partial charge >= 0.3 is 0 Å². The first-order valence-corrected chi connectivity index (χ1v) is 8.37. The summed E-state index contributed by atoms with van der Waals surface area (Å²) in [6.45, 7) is 1.70. The SMILES string of the molecule is Cl.O=C(NCC1CC2CCC1C2)C1Cc2ccccc2CN1. The number of rotatable bonds is 3. The Kier molecular flexibility index (Phi) is 4.74. The van der Waals surface area contributed by atoms with Crippen LogP contribution < -0.4 is 10.6 Å². The Bertz CT molecular complexity index is 548. The summed E-state index contributed by atoms with van der Waals surface area (Å²) in [4.78, 5) is 12.4. The minimum Gasteiger partial charge on any atom is -0.354 e. The van der Waals surface area contributed by atoms with Gasteiger partial charge in [-0.1, -0.05) is 30.7 Å². The van der Waals surface area contributed by atoms with E-state index in [2.05, 4.69) is 34.9 Å². The second-order valence-electron chi connectivity index (χ2n) is 7.09. The molecule has 0 spiro atoms. The third-order valence-corrected chi connectivity index (χ3v) is 5.82. The van der Waals surface area contributed by atoms with Gasteiger partial charge in [0.1, 0.15) is 0 Å². The molecule has 2 fully saturated rings. The third-order valence-electron chi connectivity index (χ3n) is 5.82. The van der Waals surface area contributed by atoms with Crippen LogP contribution in [0.1, 0.15) is 36.8 Å². The Morgan fingerprint density at radius 3 is 2.73 bits per heavy atom. The van der Waals surface area contributed by atoms with Crippen LogP contribution in [0.15, 0.2) is 24.3 Å². The molecule has 0 aromatic heterocycles. The first-order valence-electron chi connectivity index (χ1n) is 8.37. The van der Waals surface area contributed by atoms with Gasteiger partial charge in [0.25, 0.3) is 0 Å². The van der Waals surface area contributed by atoms with Gasteiger partial charge in [-0.2, -0.15) is 0 Å². The van der Waals surface area contributed by atoms with Crippen LogP contribution >= 0.6 is 12.4 Å². The van der Waals surface area contributed by atoms with Gasteiger partial charge < -0.3 is 10.6 Å². The summed E-state index contributed by atoms with van der Waals surface area (Å²) in [5, 5.41) is 6.58. The summed E-state index contributed by atoms with van der Waals surface area (Å²) in [6, 6.07) is 8.36. The van der Waals surface area contributed by atoms with Crippen molar-refractivity contribution in [3.63, 3.8) is 0 Å². The van der Waals surface area contributed by atoms with Crippen LogP contribution in [-0.2, 0) is 17.8 Å². The molecule has 2 saturated carbocycles. The number of halogens is 1. The topological polar surface area (TPSA) is 41.1 Å². The van der Waals surface area contributed by atoms with E-state index in [1.54, 1.807) is 0 Å². The maximum absolute atomic E-state index is 12.4. The first-order chi connectivity index (χ1) is 10.3. The van der Waals surface area contributed by atoms with E-state index in [-0.39, 0.29) is 24.4 Å². The molecule has 2 N–H and O–H groups in total. The van der Waals surface area contributed by atoms with Crippen LogP contribution in [0.25, 0.3) is 0 Å². The highest BCUT2D eigenvalue weighted by Gasteiger charge is 2.39. The average molecular weight is 321 g/mol. The van der Waals surface area contributed by atoms with Gasteiger partial charge in [0, 0.05) is 13.1 Å². The van der Waals surface area contributed by atoms with Crippen LogP contribution in [0.3, 0.4) is 0 Å². The molecule has 1 heterocycles. The standard InChI is InChI=1S/C18H24N2O.ClH/c21-18(20-11-16-8-12-5-6-14(16)7-12)17-9-13-3-1-2-4-15(13)10-19-17;/h1-4,12,14,16-17,19H,5-11H2,(H,20,21);1H. The van der Waals surface area contributed by atoms with Crippen molar-refractivity contribution >= 4 is 18.3 Å². The maximum Gasteiger partial charge on any atom is 0.237 e. The highest BCUT2D eigenvalue weighted by Crippen LogP contribution is 2.47. The molecule has 0 saturated heterocycles. The van der Waals surface area contributed by atoms with Crippen molar-refractivity contribution in [3.05, 3.63) is 35.4 Å². The van der Waals surface area contributed by atoms with Gasteiger partial charge in [0.2, 0.25) is 5.91 Å². The van der Waals surface area contributed by atoms with Crippen molar-refractivity contribution in [1.82, 2.24) is 10.6 Å². The zero-order valence-corrected chi connectivity index (χ0v) is 13.7. The minimum absolute atomic E-state index is 0.